The summed E-state index contributed by atoms with van der Waals surface area (Å²) in [6.45, 7) is 7.86. The zero-order valence-electron chi connectivity index (χ0n) is 11.4. The predicted molar refractivity (Wildman–Crippen MR) is 69.5 cm³/mol. The van der Waals surface area contributed by atoms with Crippen LogP contribution in [-0.2, 0) is 0 Å². The van der Waals surface area contributed by atoms with Crippen LogP contribution in [0.25, 0.3) is 0 Å². The summed E-state index contributed by atoms with van der Waals surface area (Å²) in [5.41, 5.74) is 0.166. The standard InChI is InChI=1S/C14H26N2O/c1-12-8-13(2,3)10-14(9-12,11-17)16-7-5-4-6-15/h12,16-17H,4-5,7-11H2,1-3H3/t12-,14+/m1/s1. The summed E-state index contributed by atoms with van der Waals surface area (Å²) in [6.07, 6.45) is 4.75. The maximum atomic E-state index is 9.72. The molecule has 0 aliphatic heterocycles. The molecule has 3 heteroatoms. The second-order valence-electron chi connectivity index (χ2n) is 6.48. The molecular formula is C14H26N2O. The van der Waals surface area contributed by atoms with Gasteiger partial charge in [0.15, 0.2) is 0 Å². The first-order valence-corrected chi connectivity index (χ1v) is 6.66. The van der Waals surface area contributed by atoms with Crippen molar-refractivity contribution in [2.24, 2.45) is 11.3 Å². The van der Waals surface area contributed by atoms with Crippen molar-refractivity contribution in [2.75, 3.05) is 13.2 Å². The number of hydrogen-bond donors (Lipinski definition) is 2. The van der Waals surface area contributed by atoms with Gasteiger partial charge in [0.25, 0.3) is 0 Å². The van der Waals surface area contributed by atoms with Crippen LogP contribution in [0.3, 0.4) is 0 Å². The highest BCUT2D eigenvalue weighted by Crippen LogP contribution is 2.43. The van der Waals surface area contributed by atoms with Crippen LogP contribution in [0.4, 0.5) is 0 Å². The largest absolute Gasteiger partial charge is 0.394 e. The zero-order valence-corrected chi connectivity index (χ0v) is 11.4. The molecule has 2 atom stereocenters. The Labute approximate surface area is 105 Å². The Kier molecular flexibility index (Phi) is 4.97. The van der Waals surface area contributed by atoms with E-state index in [-0.39, 0.29) is 12.1 Å². The monoisotopic (exact) mass is 238 g/mol. The third kappa shape index (κ3) is 4.29. The molecule has 1 aliphatic carbocycles. The number of aliphatic hydroxyl groups excluding tert-OH is 1. The number of aliphatic hydroxyl groups is 1. The minimum atomic E-state index is -0.128. The Balaban J connectivity index is 2.57. The molecule has 0 aromatic rings. The van der Waals surface area contributed by atoms with Crippen LogP contribution in [0.5, 0.6) is 0 Å². The summed E-state index contributed by atoms with van der Waals surface area (Å²) < 4.78 is 0. The Morgan fingerprint density at radius 1 is 1.41 bits per heavy atom. The normalized spacial score (nSPS) is 32.1. The van der Waals surface area contributed by atoms with Crippen molar-refractivity contribution in [2.45, 2.75) is 58.4 Å². The van der Waals surface area contributed by atoms with Gasteiger partial charge in [0.2, 0.25) is 0 Å². The van der Waals surface area contributed by atoms with Gasteiger partial charge < -0.3 is 10.4 Å². The smallest absolute Gasteiger partial charge is 0.0622 e. The van der Waals surface area contributed by atoms with Gasteiger partial charge >= 0.3 is 0 Å². The van der Waals surface area contributed by atoms with Gasteiger partial charge in [0.05, 0.1) is 12.7 Å². The number of nitrogens with zero attached hydrogens (tertiary/aromatic N) is 1. The minimum Gasteiger partial charge on any atom is -0.394 e. The van der Waals surface area contributed by atoms with E-state index in [1.807, 2.05) is 0 Å². The van der Waals surface area contributed by atoms with E-state index in [0.29, 0.717) is 17.8 Å². The van der Waals surface area contributed by atoms with Crippen LogP contribution in [0.2, 0.25) is 0 Å². The summed E-state index contributed by atoms with van der Waals surface area (Å²) in [7, 11) is 0. The van der Waals surface area contributed by atoms with E-state index in [0.717, 1.165) is 25.8 Å². The SMILES string of the molecule is C[C@@H]1CC(C)(C)C[C@@](CO)(NCCCC#N)C1. The number of hydrogen-bond acceptors (Lipinski definition) is 3. The van der Waals surface area contributed by atoms with E-state index >= 15 is 0 Å². The molecule has 0 saturated heterocycles. The van der Waals surface area contributed by atoms with Crippen molar-refractivity contribution in [3.05, 3.63) is 0 Å². The highest BCUT2D eigenvalue weighted by molar-refractivity contribution is 4.98. The molecule has 2 N–H and O–H groups in total. The van der Waals surface area contributed by atoms with Gasteiger partial charge in [-0.1, -0.05) is 20.8 Å². The Hall–Kier alpha value is -0.590. The molecule has 3 nitrogen and oxygen atoms in total. The molecule has 17 heavy (non-hydrogen) atoms. The Bertz CT molecular complexity index is 282. The van der Waals surface area contributed by atoms with Gasteiger partial charge in [-0.25, -0.2) is 0 Å². The van der Waals surface area contributed by atoms with E-state index in [9.17, 15) is 5.11 Å². The average Bonchev–Trinajstić information content (AvgIpc) is 2.22. The number of unbranched alkanes of at least 4 members (excludes halogenated alkanes) is 1. The maximum Gasteiger partial charge on any atom is 0.0622 e. The fourth-order valence-corrected chi connectivity index (χ4v) is 3.57. The van der Waals surface area contributed by atoms with Gasteiger partial charge in [0.1, 0.15) is 0 Å². The topological polar surface area (TPSA) is 56.0 Å². The molecule has 1 saturated carbocycles. The third-order valence-electron chi connectivity index (χ3n) is 3.73. The molecule has 1 fully saturated rings. The number of nitriles is 1. The summed E-state index contributed by atoms with van der Waals surface area (Å²) >= 11 is 0. The number of rotatable bonds is 5. The van der Waals surface area contributed by atoms with Crippen LogP contribution < -0.4 is 5.32 Å². The number of nitrogens with one attached hydrogen (secondary N) is 1. The average molecular weight is 238 g/mol. The first-order chi connectivity index (χ1) is 7.93. The van der Waals surface area contributed by atoms with Crippen LogP contribution in [0.1, 0.15) is 52.9 Å². The summed E-state index contributed by atoms with van der Waals surface area (Å²) in [5.74, 6) is 0.648. The van der Waals surface area contributed by atoms with Gasteiger partial charge in [-0.2, -0.15) is 5.26 Å². The van der Waals surface area contributed by atoms with Crippen molar-refractivity contribution in [3.8, 4) is 6.07 Å². The van der Waals surface area contributed by atoms with Crippen LogP contribution in [0, 0.1) is 22.7 Å². The van der Waals surface area contributed by atoms with Gasteiger partial charge in [-0.15, -0.1) is 0 Å². The quantitative estimate of drug-likeness (QED) is 0.723. The van der Waals surface area contributed by atoms with Crippen LogP contribution in [0.15, 0.2) is 0 Å². The molecule has 0 unspecified atom stereocenters. The third-order valence-corrected chi connectivity index (χ3v) is 3.73. The van der Waals surface area contributed by atoms with Crippen LogP contribution in [-0.4, -0.2) is 23.8 Å². The van der Waals surface area contributed by atoms with E-state index in [4.69, 9.17) is 5.26 Å². The van der Waals surface area contributed by atoms with Crippen LogP contribution >= 0.6 is 0 Å². The van der Waals surface area contributed by atoms with E-state index in [2.05, 4.69) is 32.2 Å². The second-order valence-corrected chi connectivity index (χ2v) is 6.48. The molecule has 1 rings (SSSR count). The summed E-state index contributed by atoms with van der Waals surface area (Å²) in [4.78, 5) is 0. The van der Waals surface area contributed by atoms with Gasteiger partial charge in [-0.3, -0.25) is 0 Å². The van der Waals surface area contributed by atoms with Crippen molar-refractivity contribution < 1.29 is 5.11 Å². The van der Waals surface area contributed by atoms with E-state index in [1.165, 1.54) is 6.42 Å². The van der Waals surface area contributed by atoms with Gasteiger partial charge in [-0.05, 0) is 43.6 Å². The lowest BCUT2D eigenvalue weighted by molar-refractivity contribution is 0.0366. The molecule has 0 heterocycles. The second kappa shape index (κ2) is 5.84. The van der Waals surface area contributed by atoms with Crippen molar-refractivity contribution >= 4 is 0 Å². The molecule has 1 aliphatic rings. The zero-order chi connectivity index (χ0) is 12.9. The highest BCUT2D eigenvalue weighted by Gasteiger charge is 2.41. The molecule has 0 bridgehead atoms. The lowest BCUT2D eigenvalue weighted by Crippen LogP contribution is -2.55. The Morgan fingerprint density at radius 3 is 2.65 bits per heavy atom. The highest BCUT2D eigenvalue weighted by atomic mass is 16.3. The fraction of sp³-hybridized carbons (Fsp3) is 0.929. The maximum absolute atomic E-state index is 9.72. The fourth-order valence-electron chi connectivity index (χ4n) is 3.57. The first-order valence-electron chi connectivity index (χ1n) is 6.66. The lowest BCUT2D eigenvalue weighted by atomic mass is 9.64. The molecule has 0 radical (unpaired) electrons. The van der Waals surface area contributed by atoms with Gasteiger partial charge in [0, 0.05) is 12.0 Å². The van der Waals surface area contributed by atoms with Crippen molar-refractivity contribution in [3.63, 3.8) is 0 Å². The molecule has 0 aromatic carbocycles. The molecular weight excluding hydrogens is 212 g/mol. The summed E-state index contributed by atoms with van der Waals surface area (Å²) in [5, 5.41) is 21.7. The van der Waals surface area contributed by atoms with E-state index < -0.39 is 0 Å². The molecule has 0 spiro atoms. The Morgan fingerprint density at radius 2 is 2.12 bits per heavy atom. The van der Waals surface area contributed by atoms with Crippen molar-refractivity contribution in [1.82, 2.24) is 5.32 Å². The lowest BCUT2D eigenvalue weighted by Gasteiger charge is -2.47. The minimum absolute atomic E-state index is 0.128. The summed E-state index contributed by atoms with van der Waals surface area (Å²) in [6, 6.07) is 2.16. The molecule has 98 valence electrons. The van der Waals surface area contributed by atoms with E-state index in [1.54, 1.807) is 0 Å². The van der Waals surface area contributed by atoms with Crippen molar-refractivity contribution in [1.29, 1.82) is 5.26 Å². The first kappa shape index (κ1) is 14.5. The predicted octanol–water partition coefficient (Wildman–Crippen LogP) is 2.46. The molecule has 0 amide bonds. The molecule has 0 aromatic heterocycles.